The molecule has 30 heavy (non-hydrogen) atoms. The van der Waals surface area contributed by atoms with E-state index >= 15 is 0 Å². The molecule has 148 valence electrons. The van der Waals surface area contributed by atoms with Crippen molar-refractivity contribution in [2.24, 2.45) is 0 Å². The monoisotopic (exact) mass is 416 g/mol. The van der Waals surface area contributed by atoms with Crippen molar-refractivity contribution >= 4 is 43.9 Å². The minimum atomic E-state index is -0.299. The van der Waals surface area contributed by atoms with Crippen molar-refractivity contribution in [2.45, 2.75) is 13.8 Å². The summed E-state index contributed by atoms with van der Waals surface area (Å²) in [5, 5.41) is 5.66. The zero-order valence-corrected chi connectivity index (χ0v) is 17.1. The van der Waals surface area contributed by atoms with Gasteiger partial charge in [0.2, 0.25) is 0 Å². The summed E-state index contributed by atoms with van der Waals surface area (Å²) < 4.78 is 16.1. The largest absolute Gasteiger partial charge is 0.320 e. The van der Waals surface area contributed by atoms with Gasteiger partial charge in [-0.05, 0) is 43.5 Å². The Balaban J connectivity index is 1.53. The highest BCUT2D eigenvalue weighted by Gasteiger charge is 2.21. The van der Waals surface area contributed by atoms with E-state index in [0.29, 0.717) is 27.9 Å². The Bertz CT molecular complexity index is 1430. The fraction of sp³-hybridized carbons (Fsp3) is 0.0870. The van der Waals surface area contributed by atoms with Crippen molar-refractivity contribution in [3.8, 4) is 5.13 Å². The van der Waals surface area contributed by atoms with Crippen molar-refractivity contribution < 1.29 is 9.18 Å². The fourth-order valence-electron chi connectivity index (χ4n) is 3.64. The first kappa shape index (κ1) is 18.4. The first-order valence-electron chi connectivity index (χ1n) is 9.43. The lowest BCUT2D eigenvalue weighted by Gasteiger charge is -2.08. The van der Waals surface area contributed by atoms with E-state index in [-0.39, 0.29) is 11.7 Å². The van der Waals surface area contributed by atoms with Gasteiger partial charge in [-0.1, -0.05) is 47.7 Å². The van der Waals surface area contributed by atoms with Gasteiger partial charge in [0.25, 0.3) is 5.91 Å². The van der Waals surface area contributed by atoms with Crippen molar-refractivity contribution in [2.75, 3.05) is 5.32 Å². The molecule has 1 N–H and O–H groups in total. The maximum absolute atomic E-state index is 13.5. The van der Waals surface area contributed by atoms with Crippen LogP contribution >= 0.6 is 11.3 Å². The van der Waals surface area contributed by atoms with Crippen molar-refractivity contribution in [1.29, 1.82) is 0 Å². The lowest BCUT2D eigenvalue weighted by Crippen LogP contribution is -2.14. The van der Waals surface area contributed by atoms with E-state index in [0.717, 1.165) is 21.2 Å². The second-order valence-corrected chi connectivity index (χ2v) is 8.03. The van der Waals surface area contributed by atoms with Crippen LogP contribution in [-0.2, 0) is 0 Å². The van der Waals surface area contributed by atoms with Gasteiger partial charge in [-0.2, -0.15) is 0 Å². The number of thiazole rings is 1. The number of carbonyl (C=O) groups excluding carboxylic acids is 1. The molecule has 0 atom stereocenters. The Morgan fingerprint density at radius 2 is 1.83 bits per heavy atom. The van der Waals surface area contributed by atoms with Crippen LogP contribution < -0.4 is 5.32 Å². The number of aromatic nitrogens is 3. The summed E-state index contributed by atoms with van der Waals surface area (Å²) in [7, 11) is 0. The van der Waals surface area contributed by atoms with E-state index in [2.05, 4.69) is 15.3 Å². The number of imidazole rings is 1. The van der Waals surface area contributed by atoms with Gasteiger partial charge in [-0.15, -0.1) is 0 Å². The van der Waals surface area contributed by atoms with Crippen LogP contribution in [0.25, 0.3) is 26.1 Å². The topological polar surface area (TPSA) is 59.8 Å². The molecular formula is C23H17FN4OS. The van der Waals surface area contributed by atoms with E-state index in [4.69, 9.17) is 0 Å². The zero-order chi connectivity index (χ0) is 20.8. The van der Waals surface area contributed by atoms with Crippen LogP contribution in [0.3, 0.4) is 0 Å². The van der Waals surface area contributed by atoms with Gasteiger partial charge in [0.1, 0.15) is 17.3 Å². The number of rotatable bonds is 3. The predicted octanol–water partition coefficient (Wildman–Crippen LogP) is 5.64. The van der Waals surface area contributed by atoms with Gasteiger partial charge >= 0.3 is 0 Å². The van der Waals surface area contributed by atoms with E-state index < -0.39 is 0 Å². The van der Waals surface area contributed by atoms with Crippen LogP contribution in [-0.4, -0.2) is 20.4 Å². The van der Waals surface area contributed by atoms with Gasteiger partial charge < -0.3 is 5.32 Å². The van der Waals surface area contributed by atoms with E-state index in [1.54, 1.807) is 6.07 Å². The lowest BCUT2D eigenvalue weighted by atomic mass is 10.1. The smallest absolute Gasteiger partial charge is 0.276 e. The molecule has 5 nitrogen and oxygen atoms in total. The first-order chi connectivity index (χ1) is 14.5. The molecule has 5 aromatic rings. The Kier molecular flexibility index (Phi) is 4.33. The van der Waals surface area contributed by atoms with Crippen molar-refractivity contribution in [3.05, 3.63) is 83.7 Å². The van der Waals surface area contributed by atoms with Crippen LogP contribution in [0.2, 0.25) is 0 Å². The minimum Gasteiger partial charge on any atom is -0.320 e. The molecule has 0 fully saturated rings. The summed E-state index contributed by atoms with van der Waals surface area (Å²) in [6.45, 7) is 3.67. The number of aryl methyl sites for hydroxylation is 1. The van der Waals surface area contributed by atoms with Gasteiger partial charge in [0, 0.05) is 11.1 Å². The van der Waals surface area contributed by atoms with Gasteiger partial charge in [-0.25, -0.2) is 14.4 Å². The Morgan fingerprint density at radius 1 is 1.03 bits per heavy atom. The molecule has 0 spiro atoms. The third kappa shape index (κ3) is 3.04. The zero-order valence-electron chi connectivity index (χ0n) is 16.3. The number of halogens is 1. The molecule has 0 unspecified atom stereocenters. The third-order valence-electron chi connectivity index (χ3n) is 5.06. The highest BCUT2D eigenvalue weighted by atomic mass is 32.1. The van der Waals surface area contributed by atoms with Crippen molar-refractivity contribution in [3.63, 3.8) is 0 Å². The van der Waals surface area contributed by atoms with Crippen LogP contribution in [0.4, 0.5) is 10.1 Å². The van der Waals surface area contributed by atoms with Gasteiger partial charge in [-0.3, -0.25) is 9.36 Å². The highest BCUT2D eigenvalue weighted by Crippen LogP contribution is 2.29. The first-order valence-corrected chi connectivity index (χ1v) is 10.2. The molecule has 5 rings (SSSR count). The standard InChI is InChI=1S/C23H17FN4OS/c1-13-21(22(29)26-18-9-5-7-15-6-3-4-8-17(15)18)25-14(2)28(13)23-27-19-11-10-16(24)12-20(19)30-23/h3-12H,1-2H3,(H,26,29). The van der Waals surface area contributed by atoms with E-state index in [1.807, 2.05) is 60.9 Å². The number of anilines is 1. The summed E-state index contributed by atoms with van der Waals surface area (Å²) in [6.07, 6.45) is 0. The minimum absolute atomic E-state index is 0.280. The summed E-state index contributed by atoms with van der Waals surface area (Å²) >= 11 is 1.36. The summed E-state index contributed by atoms with van der Waals surface area (Å²) in [6, 6.07) is 18.2. The Labute approximate surface area is 175 Å². The second kappa shape index (κ2) is 7.03. The van der Waals surface area contributed by atoms with Crippen LogP contribution in [0.15, 0.2) is 60.7 Å². The molecule has 0 aliphatic rings. The van der Waals surface area contributed by atoms with E-state index in [9.17, 15) is 9.18 Å². The predicted molar refractivity (Wildman–Crippen MR) is 118 cm³/mol. The molecule has 1 amide bonds. The van der Waals surface area contributed by atoms with Crippen LogP contribution in [0.5, 0.6) is 0 Å². The average molecular weight is 416 g/mol. The summed E-state index contributed by atoms with van der Waals surface area (Å²) in [5.41, 5.74) is 2.47. The Morgan fingerprint density at radius 3 is 2.70 bits per heavy atom. The van der Waals surface area contributed by atoms with Crippen LogP contribution in [0, 0.1) is 19.7 Å². The molecule has 3 aromatic carbocycles. The fourth-order valence-corrected chi connectivity index (χ4v) is 4.73. The molecule has 0 aliphatic carbocycles. The molecule has 0 radical (unpaired) electrons. The number of nitrogens with zero attached hydrogens (tertiary/aromatic N) is 3. The molecule has 2 heterocycles. The quantitative estimate of drug-likeness (QED) is 0.414. The Hall–Kier alpha value is -3.58. The second-order valence-electron chi connectivity index (χ2n) is 7.02. The maximum Gasteiger partial charge on any atom is 0.276 e. The molecule has 0 aliphatic heterocycles. The molecule has 7 heteroatoms. The summed E-state index contributed by atoms with van der Waals surface area (Å²) in [5.74, 6) is 0.0693. The number of benzene rings is 3. The SMILES string of the molecule is Cc1nc(C(=O)Nc2cccc3ccccc23)c(C)n1-c1nc2ccc(F)cc2s1. The summed E-state index contributed by atoms with van der Waals surface area (Å²) in [4.78, 5) is 22.1. The third-order valence-corrected chi connectivity index (χ3v) is 6.06. The highest BCUT2D eigenvalue weighted by molar-refractivity contribution is 7.20. The molecule has 0 bridgehead atoms. The maximum atomic E-state index is 13.5. The molecule has 2 aromatic heterocycles. The van der Waals surface area contributed by atoms with Crippen molar-refractivity contribution in [1.82, 2.24) is 14.5 Å². The molecule has 0 saturated heterocycles. The normalized spacial score (nSPS) is 11.3. The lowest BCUT2D eigenvalue weighted by molar-refractivity contribution is 0.102. The van der Waals surface area contributed by atoms with Gasteiger partial charge in [0.15, 0.2) is 5.13 Å². The number of hydrogen-bond acceptors (Lipinski definition) is 4. The number of carbonyl (C=O) groups is 1. The number of fused-ring (bicyclic) bond motifs is 2. The number of amides is 1. The van der Waals surface area contributed by atoms with Crippen LogP contribution in [0.1, 0.15) is 22.0 Å². The van der Waals surface area contributed by atoms with Gasteiger partial charge in [0.05, 0.1) is 15.9 Å². The van der Waals surface area contributed by atoms with E-state index in [1.165, 1.54) is 23.5 Å². The molecule has 0 saturated carbocycles. The molecular weight excluding hydrogens is 399 g/mol. The number of nitrogens with one attached hydrogen (secondary N) is 1. The average Bonchev–Trinajstić information content (AvgIpc) is 3.27. The number of hydrogen-bond donors (Lipinski definition) is 1.